The van der Waals surface area contributed by atoms with Crippen LogP contribution in [0.25, 0.3) is 0 Å². The second-order valence-corrected chi connectivity index (χ2v) is 6.26. The molecule has 0 saturated carbocycles. The van der Waals surface area contributed by atoms with Crippen molar-refractivity contribution in [3.05, 3.63) is 55.8 Å². The maximum Gasteiger partial charge on any atom is 0.0673 e. The highest BCUT2D eigenvalue weighted by molar-refractivity contribution is 7.10. The molecule has 0 aliphatic heterocycles. The molecule has 0 spiro atoms. The van der Waals surface area contributed by atoms with Crippen LogP contribution in [0, 0.1) is 34.6 Å². The van der Waals surface area contributed by atoms with Gasteiger partial charge in [0.25, 0.3) is 0 Å². The van der Waals surface area contributed by atoms with Gasteiger partial charge in [-0.1, -0.05) is 6.07 Å². The van der Waals surface area contributed by atoms with Gasteiger partial charge in [0.15, 0.2) is 0 Å². The first-order chi connectivity index (χ1) is 8.99. The van der Waals surface area contributed by atoms with Crippen molar-refractivity contribution in [2.75, 3.05) is 7.05 Å². The molecule has 0 aliphatic rings. The quantitative estimate of drug-likeness (QED) is 0.862. The lowest BCUT2D eigenvalue weighted by Crippen LogP contribution is -2.20. The molecule has 0 bridgehead atoms. The second-order valence-electron chi connectivity index (χ2n) is 5.28. The molecule has 1 aromatic heterocycles. The van der Waals surface area contributed by atoms with Gasteiger partial charge in [-0.25, -0.2) is 0 Å². The number of thiophene rings is 1. The Morgan fingerprint density at radius 3 is 1.84 bits per heavy atom. The summed E-state index contributed by atoms with van der Waals surface area (Å²) in [6.45, 7) is 11.2. The van der Waals surface area contributed by atoms with Crippen molar-refractivity contribution in [1.82, 2.24) is 5.32 Å². The van der Waals surface area contributed by atoms with E-state index >= 15 is 0 Å². The van der Waals surface area contributed by atoms with Crippen LogP contribution in [0.2, 0.25) is 0 Å². The van der Waals surface area contributed by atoms with Crippen LogP contribution in [0.5, 0.6) is 0 Å². The van der Waals surface area contributed by atoms with Crippen molar-refractivity contribution in [1.29, 1.82) is 0 Å². The number of hydrogen-bond donors (Lipinski definition) is 1. The zero-order valence-corrected chi connectivity index (χ0v) is 13.5. The van der Waals surface area contributed by atoms with Gasteiger partial charge in [-0.15, -0.1) is 11.3 Å². The van der Waals surface area contributed by atoms with Crippen molar-refractivity contribution >= 4 is 11.3 Å². The van der Waals surface area contributed by atoms with Gasteiger partial charge >= 0.3 is 0 Å². The van der Waals surface area contributed by atoms with E-state index in [4.69, 9.17) is 0 Å². The summed E-state index contributed by atoms with van der Waals surface area (Å²) in [4.78, 5) is 1.39. The minimum absolute atomic E-state index is 0.304. The van der Waals surface area contributed by atoms with Crippen LogP contribution in [0.3, 0.4) is 0 Å². The highest BCUT2D eigenvalue weighted by Gasteiger charge is 2.21. The number of nitrogens with one attached hydrogen (secondary N) is 1. The molecule has 0 amide bonds. The van der Waals surface area contributed by atoms with E-state index in [-0.39, 0.29) is 0 Å². The Kier molecular flexibility index (Phi) is 4.12. The van der Waals surface area contributed by atoms with Gasteiger partial charge in [0.2, 0.25) is 0 Å². The van der Waals surface area contributed by atoms with E-state index in [1.807, 2.05) is 18.4 Å². The van der Waals surface area contributed by atoms with Crippen molar-refractivity contribution in [2.45, 2.75) is 40.7 Å². The molecule has 0 radical (unpaired) electrons. The Bertz CT molecular complexity index is 553. The molecule has 1 aromatic carbocycles. The lowest BCUT2D eigenvalue weighted by atomic mass is 9.86. The molecule has 1 nitrogen and oxygen atoms in total. The zero-order chi connectivity index (χ0) is 14.2. The third-order valence-electron chi connectivity index (χ3n) is 4.46. The van der Waals surface area contributed by atoms with Crippen molar-refractivity contribution in [3.63, 3.8) is 0 Å². The normalized spacial score (nSPS) is 12.7. The summed E-state index contributed by atoms with van der Waals surface area (Å²) >= 11 is 1.82. The molecule has 1 atom stereocenters. The van der Waals surface area contributed by atoms with Crippen LogP contribution in [0.15, 0.2) is 17.5 Å². The highest BCUT2D eigenvalue weighted by atomic mass is 32.1. The van der Waals surface area contributed by atoms with Gasteiger partial charge in [0.1, 0.15) is 0 Å². The van der Waals surface area contributed by atoms with Crippen molar-refractivity contribution in [3.8, 4) is 0 Å². The molecule has 0 saturated heterocycles. The molecule has 0 aliphatic carbocycles. The van der Waals surface area contributed by atoms with Crippen LogP contribution in [-0.2, 0) is 0 Å². The summed E-state index contributed by atoms with van der Waals surface area (Å²) in [7, 11) is 2.05. The van der Waals surface area contributed by atoms with Gasteiger partial charge in [-0.2, -0.15) is 0 Å². The molecular weight excluding hydrogens is 250 g/mol. The first-order valence-electron chi connectivity index (χ1n) is 6.76. The van der Waals surface area contributed by atoms with Gasteiger partial charge in [-0.3, -0.25) is 0 Å². The third kappa shape index (κ3) is 2.35. The summed E-state index contributed by atoms with van der Waals surface area (Å²) < 4.78 is 0. The molecule has 1 N–H and O–H groups in total. The van der Waals surface area contributed by atoms with E-state index in [0.29, 0.717) is 6.04 Å². The Morgan fingerprint density at radius 2 is 1.42 bits per heavy atom. The zero-order valence-electron chi connectivity index (χ0n) is 12.7. The lowest BCUT2D eigenvalue weighted by molar-refractivity contribution is 0.692. The monoisotopic (exact) mass is 273 g/mol. The van der Waals surface area contributed by atoms with E-state index < -0.39 is 0 Å². The van der Waals surface area contributed by atoms with Crippen molar-refractivity contribution < 1.29 is 0 Å². The average Bonchev–Trinajstić information content (AvgIpc) is 2.93. The fraction of sp³-hybridized carbons (Fsp3) is 0.412. The van der Waals surface area contributed by atoms with Gasteiger partial charge in [-0.05, 0) is 86.5 Å². The number of rotatable bonds is 3. The molecule has 19 heavy (non-hydrogen) atoms. The Hall–Kier alpha value is -1.12. The predicted octanol–water partition coefficient (Wildman–Crippen LogP) is 4.60. The van der Waals surface area contributed by atoms with E-state index in [1.165, 1.54) is 38.3 Å². The summed E-state index contributed by atoms with van der Waals surface area (Å²) in [5.41, 5.74) is 8.58. The summed E-state index contributed by atoms with van der Waals surface area (Å²) in [6, 6.07) is 4.65. The minimum atomic E-state index is 0.304. The molecule has 0 fully saturated rings. The second kappa shape index (κ2) is 5.48. The SMILES string of the molecule is CNC(c1cccs1)c1c(C)c(C)c(C)c(C)c1C. The molecule has 2 rings (SSSR count). The van der Waals surface area contributed by atoms with Crippen LogP contribution >= 0.6 is 11.3 Å². The van der Waals surface area contributed by atoms with Crippen molar-refractivity contribution in [2.24, 2.45) is 0 Å². The first kappa shape index (κ1) is 14.3. The third-order valence-corrected chi connectivity index (χ3v) is 5.40. The summed E-state index contributed by atoms with van der Waals surface area (Å²) in [5.74, 6) is 0. The van der Waals surface area contributed by atoms with E-state index in [1.54, 1.807) is 0 Å². The largest absolute Gasteiger partial charge is 0.309 e. The van der Waals surface area contributed by atoms with Crippen LogP contribution in [0.1, 0.15) is 44.3 Å². The molecule has 2 heteroatoms. The molecule has 2 aromatic rings. The molecule has 102 valence electrons. The topological polar surface area (TPSA) is 12.0 Å². The fourth-order valence-electron chi connectivity index (χ4n) is 2.85. The molecule has 1 unspecified atom stereocenters. The molecule has 1 heterocycles. The first-order valence-corrected chi connectivity index (χ1v) is 7.64. The van der Waals surface area contributed by atoms with E-state index in [2.05, 4.69) is 57.4 Å². The Balaban J connectivity index is 2.68. The van der Waals surface area contributed by atoms with Crippen LogP contribution in [-0.4, -0.2) is 7.05 Å². The van der Waals surface area contributed by atoms with Crippen LogP contribution < -0.4 is 5.32 Å². The van der Waals surface area contributed by atoms with E-state index in [0.717, 1.165) is 0 Å². The minimum Gasteiger partial charge on any atom is -0.309 e. The van der Waals surface area contributed by atoms with E-state index in [9.17, 15) is 0 Å². The Morgan fingerprint density at radius 1 is 0.895 bits per heavy atom. The highest BCUT2D eigenvalue weighted by Crippen LogP contribution is 2.34. The lowest BCUT2D eigenvalue weighted by Gasteiger charge is -2.25. The fourth-order valence-corrected chi connectivity index (χ4v) is 3.69. The summed E-state index contributed by atoms with van der Waals surface area (Å²) in [6.07, 6.45) is 0. The standard InChI is InChI=1S/C17H23NS/c1-10-11(2)13(4)16(14(5)12(10)3)17(18-6)15-8-7-9-19-15/h7-9,17-18H,1-6H3. The average molecular weight is 273 g/mol. The van der Waals surface area contributed by atoms with Gasteiger partial charge < -0.3 is 5.32 Å². The maximum absolute atomic E-state index is 3.49. The number of benzene rings is 1. The van der Waals surface area contributed by atoms with Gasteiger partial charge in [0.05, 0.1) is 6.04 Å². The summed E-state index contributed by atoms with van der Waals surface area (Å²) in [5, 5.41) is 5.64. The predicted molar refractivity (Wildman–Crippen MR) is 85.3 cm³/mol. The smallest absolute Gasteiger partial charge is 0.0673 e. The van der Waals surface area contributed by atoms with Crippen LogP contribution in [0.4, 0.5) is 0 Å². The Labute approximate surface area is 120 Å². The number of hydrogen-bond acceptors (Lipinski definition) is 2. The maximum atomic E-state index is 3.49. The van der Waals surface area contributed by atoms with Gasteiger partial charge in [0, 0.05) is 4.88 Å². The molecular formula is C17H23NS.